The Morgan fingerprint density at radius 2 is 1.68 bits per heavy atom. The second kappa shape index (κ2) is 12.6. The van der Waals surface area contributed by atoms with Crippen LogP contribution in [0.25, 0.3) is 6.08 Å². The van der Waals surface area contributed by atoms with Crippen molar-refractivity contribution in [3.05, 3.63) is 106 Å². The zero-order valence-electron chi connectivity index (χ0n) is 20.8. The maximum atomic E-state index is 13.6. The van der Waals surface area contributed by atoms with Gasteiger partial charge < -0.3 is 9.64 Å². The molecule has 10 nitrogen and oxygen atoms in total. The summed E-state index contributed by atoms with van der Waals surface area (Å²) >= 11 is 0. The average Bonchev–Trinajstić information content (AvgIpc) is 2.91. The highest BCUT2D eigenvalue weighted by Crippen LogP contribution is 2.29. The van der Waals surface area contributed by atoms with Gasteiger partial charge in [0.05, 0.1) is 17.4 Å². The molecule has 0 heterocycles. The standard InChI is InChI=1S/C27H27N3O7S/c1-3-29(22-12-8-5-9-13-22)27(32)23(18-21-14-15-24(30(33)34)25(19-21)37-2)26(31)28-38(35,36)17-16-20-10-6-4-7-11-20/h4-17,19,23H,3,18H2,1-2H3,(H,28,31)/b17-16+. The zero-order valence-corrected chi connectivity index (χ0v) is 21.6. The molecule has 1 atom stereocenters. The fraction of sp³-hybridized carbons (Fsp3) is 0.185. The fourth-order valence-corrected chi connectivity index (χ4v) is 4.59. The van der Waals surface area contributed by atoms with Crippen LogP contribution in [0, 0.1) is 16.0 Å². The van der Waals surface area contributed by atoms with Crippen molar-refractivity contribution in [3.8, 4) is 5.75 Å². The summed E-state index contributed by atoms with van der Waals surface area (Å²) in [5.41, 5.74) is 1.24. The van der Waals surface area contributed by atoms with Crippen LogP contribution in [0.3, 0.4) is 0 Å². The number of para-hydroxylation sites is 1. The summed E-state index contributed by atoms with van der Waals surface area (Å²) in [4.78, 5) is 38.9. The predicted octanol–water partition coefficient (Wildman–Crippen LogP) is 3.93. The molecule has 2 amide bonds. The first-order valence-corrected chi connectivity index (χ1v) is 13.2. The van der Waals surface area contributed by atoms with Crippen molar-refractivity contribution in [2.45, 2.75) is 13.3 Å². The Kier molecular flexibility index (Phi) is 9.33. The van der Waals surface area contributed by atoms with Gasteiger partial charge in [-0.1, -0.05) is 54.6 Å². The number of methoxy groups -OCH3 is 1. The number of sulfonamides is 1. The van der Waals surface area contributed by atoms with Crippen LogP contribution in [0.2, 0.25) is 0 Å². The first-order valence-electron chi connectivity index (χ1n) is 11.6. The van der Waals surface area contributed by atoms with Crippen LogP contribution in [0.4, 0.5) is 11.4 Å². The van der Waals surface area contributed by atoms with E-state index in [4.69, 9.17) is 4.74 Å². The van der Waals surface area contributed by atoms with Gasteiger partial charge in [0.1, 0.15) is 5.92 Å². The summed E-state index contributed by atoms with van der Waals surface area (Å²) in [6, 6.07) is 21.3. The van der Waals surface area contributed by atoms with E-state index in [-0.39, 0.29) is 24.4 Å². The van der Waals surface area contributed by atoms with Crippen molar-refractivity contribution >= 4 is 39.3 Å². The van der Waals surface area contributed by atoms with Crippen LogP contribution in [0.1, 0.15) is 18.1 Å². The van der Waals surface area contributed by atoms with E-state index in [0.29, 0.717) is 16.8 Å². The van der Waals surface area contributed by atoms with Gasteiger partial charge in [0.25, 0.3) is 10.0 Å². The molecule has 0 radical (unpaired) electrons. The molecule has 3 aromatic rings. The molecule has 0 fully saturated rings. The minimum Gasteiger partial charge on any atom is -0.490 e. The second-order valence-corrected chi connectivity index (χ2v) is 9.73. The summed E-state index contributed by atoms with van der Waals surface area (Å²) < 4.78 is 32.4. The number of ether oxygens (including phenoxy) is 1. The quantitative estimate of drug-likeness (QED) is 0.222. The van der Waals surface area contributed by atoms with Gasteiger partial charge in [-0.3, -0.25) is 19.7 Å². The van der Waals surface area contributed by atoms with Crippen molar-refractivity contribution < 1.29 is 27.7 Å². The summed E-state index contributed by atoms with van der Waals surface area (Å²) in [6.07, 6.45) is 1.11. The second-order valence-electron chi connectivity index (χ2n) is 8.16. The van der Waals surface area contributed by atoms with Gasteiger partial charge >= 0.3 is 5.69 Å². The lowest BCUT2D eigenvalue weighted by molar-refractivity contribution is -0.385. The van der Waals surface area contributed by atoms with E-state index >= 15 is 0 Å². The molecule has 3 aromatic carbocycles. The number of hydrogen-bond acceptors (Lipinski definition) is 7. The van der Waals surface area contributed by atoms with Crippen molar-refractivity contribution in [2.75, 3.05) is 18.6 Å². The summed E-state index contributed by atoms with van der Waals surface area (Å²) in [7, 11) is -2.98. The lowest BCUT2D eigenvalue weighted by Gasteiger charge is -2.26. The lowest BCUT2D eigenvalue weighted by atomic mass is 9.96. The van der Waals surface area contributed by atoms with Crippen molar-refractivity contribution in [2.24, 2.45) is 5.92 Å². The molecule has 198 valence electrons. The van der Waals surface area contributed by atoms with Gasteiger partial charge in [-0.05, 0) is 48.7 Å². The third-order valence-electron chi connectivity index (χ3n) is 5.63. The topological polar surface area (TPSA) is 136 Å². The minimum atomic E-state index is -4.24. The molecule has 0 aromatic heterocycles. The number of benzene rings is 3. The summed E-state index contributed by atoms with van der Waals surface area (Å²) in [6.45, 7) is 1.95. The SMILES string of the molecule is CCN(C(=O)C(Cc1ccc([N+](=O)[O-])c(OC)c1)C(=O)NS(=O)(=O)/C=C/c1ccccc1)c1ccccc1. The normalized spacial score (nSPS) is 12.1. The van der Waals surface area contributed by atoms with Crippen LogP contribution in [-0.2, 0) is 26.0 Å². The van der Waals surface area contributed by atoms with Gasteiger partial charge in [0.2, 0.25) is 11.8 Å². The summed E-state index contributed by atoms with van der Waals surface area (Å²) in [5.74, 6) is -3.16. The number of nitro groups is 1. The van der Waals surface area contributed by atoms with Gasteiger partial charge in [0, 0.05) is 18.3 Å². The molecule has 0 aliphatic rings. The van der Waals surface area contributed by atoms with Gasteiger partial charge in [0.15, 0.2) is 5.75 Å². The Hall–Kier alpha value is -4.51. The molecule has 11 heteroatoms. The largest absolute Gasteiger partial charge is 0.490 e. The number of rotatable bonds is 11. The van der Waals surface area contributed by atoms with Crippen LogP contribution in [0.5, 0.6) is 5.75 Å². The zero-order chi connectivity index (χ0) is 27.7. The Bertz CT molecular complexity index is 1430. The van der Waals surface area contributed by atoms with Gasteiger partial charge in [-0.15, -0.1) is 0 Å². The van der Waals surface area contributed by atoms with E-state index < -0.39 is 32.7 Å². The van der Waals surface area contributed by atoms with Crippen LogP contribution in [0.15, 0.2) is 84.3 Å². The molecule has 0 spiro atoms. The van der Waals surface area contributed by atoms with E-state index in [9.17, 15) is 28.1 Å². The Labute approximate surface area is 220 Å². The number of amides is 2. The van der Waals surface area contributed by atoms with Crippen LogP contribution >= 0.6 is 0 Å². The highest BCUT2D eigenvalue weighted by atomic mass is 32.2. The molecule has 3 rings (SSSR count). The van der Waals surface area contributed by atoms with Crippen molar-refractivity contribution in [1.82, 2.24) is 4.72 Å². The third kappa shape index (κ3) is 7.26. The minimum absolute atomic E-state index is 0.0482. The molecule has 0 bridgehead atoms. The van der Waals surface area contributed by atoms with E-state index in [2.05, 4.69) is 0 Å². The maximum Gasteiger partial charge on any atom is 0.310 e. The maximum absolute atomic E-state index is 13.6. The van der Waals surface area contributed by atoms with Crippen LogP contribution in [-0.4, -0.2) is 38.8 Å². The number of hydrogen-bond donors (Lipinski definition) is 1. The van der Waals surface area contributed by atoms with Crippen molar-refractivity contribution in [1.29, 1.82) is 0 Å². The molecular weight excluding hydrogens is 510 g/mol. The number of nitrogens with one attached hydrogen (secondary N) is 1. The molecule has 0 saturated carbocycles. The lowest BCUT2D eigenvalue weighted by Crippen LogP contribution is -2.46. The number of nitrogens with zero attached hydrogens (tertiary/aromatic N) is 2. The molecule has 0 aliphatic heterocycles. The third-order valence-corrected chi connectivity index (χ3v) is 6.61. The Morgan fingerprint density at radius 1 is 1.05 bits per heavy atom. The highest BCUT2D eigenvalue weighted by Gasteiger charge is 2.33. The first-order chi connectivity index (χ1) is 18.1. The smallest absolute Gasteiger partial charge is 0.310 e. The molecular formula is C27H27N3O7S. The van der Waals surface area contributed by atoms with E-state index in [1.54, 1.807) is 67.6 Å². The number of carbonyl (C=O) groups is 2. The van der Waals surface area contributed by atoms with Crippen molar-refractivity contribution in [3.63, 3.8) is 0 Å². The van der Waals surface area contributed by atoms with E-state index in [1.165, 1.54) is 36.3 Å². The molecule has 1 unspecified atom stereocenters. The molecule has 38 heavy (non-hydrogen) atoms. The van der Waals surface area contributed by atoms with E-state index in [1.807, 2.05) is 4.72 Å². The molecule has 0 saturated heterocycles. The number of nitro benzene ring substituents is 1. The molecule has 1 N–H and O–H groups in total. The Morgan fingerprint density at radius 3 is 2.26 bits per heavy atom. The first kappa shape index (κ1) is 28.1. The highest BCUT2D eigenvalue weighted by molar-refractivity contribution is 7.93. The van der Waals surface area contributed by atoms with Gasteiger partial charge in [-0.2, -0.15) is 0 Å². The predicted molar refractivity (Wildman–Crippen MR) is 144 cm³/mol. The van der Waals surface area contributed by atoms with Crippen LogP contribution < -0.4 is 14.4 Å². The van der Waals surface area contributed by atoms with Gasteiger partial charge in [-0.25, -0.2) is 13.1 Å². The van der Waals surface area contributed by atoms with E-state index in [0.717, 1.165) is 5.41 Å². The monoisotopic (exact) mass is 537 g/mol. The molecule has 0 aliphatic carbocycles. The fourth-order valence-electron chi connectivity index (χ4n) is 3.77. The number of carbonyl (C=O) groups excluding carboxylic acids is 2. The average molecular weight is 538 g/mol. The Balaban J connectivity index is 1.94. The number of anilines is 1. The summed E-state index contributed by atoms with van der Waals surface area (Å²) in [5, 5.41) is 12.1.